The van der Waals surface area contributed by atoms with Crippen LogP contribution in [-0.4, -0.2) is 11.9 Å². The Hall–Kier alpha value is -0.450. The Morgan fingerprint density at radius 3 is 2.55 bits per heavy atom. The molecule has 1 aliphatic heterocycles. The van der Waals surface area contributed by atoms with Gasteiger partial charge in [0, 0.05) is 19.7 Å². The number of esters is 1. The van der Waals surface area contributed by atoms with Gasteiger partial charge in [-0.15, -0.1) is 0 Å². The van der Waals surface area contributed by atoms with Gasteiger partial charge < -0.3 is 9.15 Å². The molecule has 0 N–H and O–H groups in total. The summed E-state index contributed by atoms with van der Waals surface area (Å²) in [7, 11) is 0. The molecule has 112 valence electrons. The van der Waals surface area contributed by atoms with E-state index in [4.69, 9.17) is 9.15 Å². The minimum atomic E-state index is -0.506. The van der Waals surface area contributed by atoms with Crippen LogP contribution < -0.4 is 0 Å². The second-order valence-corrected chi connectivity index (χ2v) is 7.83. The van der Waals surface area contributed by atoms with Crippen molar-refractivity contribution in [3.8, 4) is 0 Å². The number of furan rings is 1. The molecule has 1 aromatic carbocycles. The highest BCUT2D eigenvalue weighted by Gasteiger charge is 2.25. The highest BCUT2D eigenvalue weighted by Crippen LogP contribution is 2.29. The summed E-state index contributed by atoms with van der Waals surface area (Å²) < 4.78 is 13.9. The molecule has 0 saturated heterocycles. The molecule has 2 heterocycles. The first-order valence-corrected chi connectivity index (χ1v) is 9.32. The second-order valence-electron chi connectivity index (χ2n) is 4.24. The predicted molar refractivity (Wildman–Crippen MR) is 102 cm³/mol. The molecule has 0 amide bonds. The van der Waals surface area contributed by atoms with Gasteiger partial charge in [-0.3, -0.25) is 0 Å². The summed E-state index contributed by atoms with van der Waals surface area (Å²) in [5.74, 6) is 0.269. The normalized spacial score (nSPS) is 16.1. The third-order valence-electron chi connectivity index (χ3n) is 2.73. The number of rotatable bonds is 2. The van der Waals surface area contributed by atoms with E-state index in [2.05, 4.69) is 75.4 Å². The molecule has 0 radical (unpaired) electrons. The van der Waals surface area contributed by atoms with E-state index >= 15 is 0 Å². The smallest absolute Gasteiger partial charge is 0.363 e. The maximum absolute atomic E-state index is 11.9. The van der Waals surface area contributed by atoms with Gasteiger partial charge in [-0.05, 0) is 94.6 Å². The van der Waals surface area contributed by atoms with Crippen LogP contribution in [0.25, 0.3) is 6.08 Å². The van der Waals surface area contributed by atoms with Crippen LogP contribution >= 0.6 is 70.4 Å². The lowest BCUT2D eigenvalue weighted by Gasteiger charge is -2.01. The van der Waals surface area contributed by atoms with Crippen LogP contribution in [0.5, 0.6) is 0 Å². The topological polar surface area (TPSA) is 51.8 Å². The van der Waals surface area contributed by atoms with E-state index in [1.165, 1.54) is 6.08 Å². The lowest BCUT2D eigenvalue weighted by atomic mass is 10.2. The van der Waals surface area contributed by atoms with E-state index in [0.717, 1.165) is 18.1 Å². The minimum Gasteiger partial charge on any atom is -0.449 e. The van der Waals surface area contributed by atoms with E-state index in [9.17, 15) is 4.79 Å². The summed E-state index contributed by atoms with van der Waals surface area (Å²) in [6.07, 6.45) is 1.53. The zero-order valence-electron chi connectivity index (χ0n) is 10.6. The first-order chi connectivity index (χ1) is 10.4. The van der Waals surface area contributed by atoms with Gasteiger partial charge in [0.15, 0.2) is 10.4 Å². The molecular weight excluding hydrogens is 597 g/mol. The van der Waals surface area contributed by atoms with Crippen LogP contribution in [0.1, 0.15) is 11.3 Å². The van der Waals surface area contributed by atoms with Gasteiger partial charge in [-0.25, -0.2) is 9.79 Å². The summed E-state index contributed by atoms with van der Waals surface area (Å²) in [5, 5.41) is 0. The fraction of sp³-hybridized carbons (Fsp3) is 0. The van der Waals surface area contributed by atoms with Gasteiger partial charge in [0.05, 0.1) is 4.47 Å². The Kier molecular flexibility index (Phi) is 4.91. The monoisotopic (exact) mass is 599 g/mol. The zero-order chi connectivity index (χ0) is 15.9. The molecule has 1 aromatic heterocycles. The molecular formula is C14H5Br3INO3. The van der Waals surface area contributed by atoms with E-state index in [1.807, 2.05) is 18.2 Å². The number of cyclic esters (lactones) is 1. The van der Waals surface area contributed by atoms with Gasteiger partial charge >= 0.3 is 5.97 Å². The molecule has 0 spiro atoms. The summed E-state index contributed by atoms with van der Waals surface area (Å²) >= 11 is 12.2. The van der Waals surface area contributed by atoms with Crippen LogP contribution in [0, 0.1) is 3.57 Å². The molecule has 3 rings (SSSR count). The number of hydrogen-bond acceptors (Lipinski definition) is 4. The van der Waals surface area contributed by atoms with Crippen molar-refractivity contribution < 1.29 is 13.9 Å². The SMILES string of the molecule is O=C1OC(c2ccc(I)c(Br)c2)=N/C1=C\c1cc(Br)c(Br)o1. The fourth-order valence-electron chi connectivity index (χ4n) is 1.73. The van der Waals surface area contributed by atoms with Crippen molar-refractivity contribution in [2.24, 2.45) is 4.99 Å². The van der Waals surface area contributed by atoms with Crippen LogP contribution in [0.15, 0.2) is 53.0 Å². The van der Waals surface area contributed by atoms with E-state index in [-0.39, 0.29) is 11.6 Å². The van der Waals surface area contributed by atoms with Gasteiger partial charge in [0.2, 0.25) is 5.90 Å². The van der Waals surface area contributed by atoms with E-state index in [0.29, 0.717) is 10.4 Å². The lowest BCUT2D eigenvalue weighted by molar-refractivity contribution is -0.129. The largest absolute Gasteiger partial charge is 0.449 e. The summed E-state index contributed by atoms with van der Waals surface area (Å²) in [4.78, 5) is 16.2. The third-order valence-corrected chi connectivity index (χ3v) is 6.78. The lowest BCUT2D eigenvalue weighted by Crippen LogP contribution is -2.05. The Balaban J connectivity index is 1.95. The quantitative estimate of drug-likeness (QED) is 0.259. The Bertz CT molecular complexity index is 822. The van der Waals surface area contributed by atoms with Crippen molar-refractivity contribution in [2.75, 3.05) is 0 Å². The van der Waals surface area contributed by atoms with Crippen molar-refractivity contribution in [2.45, 2.75) is 0 Å². The number of aliphatic imine (C=N–C) groups is 1. The second kappa shape index (κ2) is 6.58. The highest BCUT2D eigenvalue weighted by atomic mass is 127. The van der Waals surface area contributed by atoms with Crippen molar-refractivity contribution in [1.29, 1.82) is 0 Å². The Morgan fingerprint density at radius 2 is 1.91 bits per heavy atom. The van der Waals surface area contributed by atoms with Gasteiger partial charge in [0.1, 0.15) is 5.76 Å². The highest BCUT2D eigenvalue weighted by molar-refractivity contribution is 14.1. The number of carbonyl (C=O) groups is 1. The zero-order valence-corrected chi connectivity index (χ0v) is 17.5. The molecule has 2 aromatic rings. The Labute approximate surface area is 164 Å². The molecule has 4 nitrogen and oxygen atoms in total. The van der Waals surface area contributed by atoms with Gasteiger partial charge in [0.25, 0.3) is 0 Å². The summed E-state index contributed by atoms with van der Waals surface area (Å²) in [6, 6.07) is 7.36. The number of halogens is 4. The molecule has 22 heavy (non-hydrogen) atoms. The maximum Gasteiger partial charge on any atom is 0.363 e. The first kappa shape index (κ1) is 16.4. The first-order valence-electron chi connectivity index (χ1n) is 5.87. The fourth-order valence-corrected chi connectivity index (χ4v) is 3.05. The maximum atomic E-state index is 11.9. The third kappa shape index (κ3) is 3.39. The predicted octanol–water partition coefficient (Wildman–Crippen LogP) is 5.52. The number of ether oxygens (including phenoxy) is 1. The van der Waals surface area contributed by atoms with Crippen molar-refractivity contribution >= 4 is 88.3 Å². The number of carbonyl (C=O) groups excluding carboxylic acids is 1. The van der Waals surface area contributed by atoms with Crippen LogP contribution in [0.2, 0.25) is 0 Å². The minimum absolute atomic E-state index is 0.193. The van der Waals surface area contributed by atoms with E-state index in [1.54, 1.807) is 6.07 Å². The van der Waals surface area contributed by atoms with E-state index < -0.39 is 5.97 Å². The molecule has 0 atom stereocenters. The molecule has 8 heteroatoms. The van der Waals surface area contributed by atoms with Crippen LogP contribution in [0.4, 0.5) is 0 Å². The number of benzene rings is 1. The van der Waals surface area contributed by atoms with Gasteiger partial charge in [-0.1, -0.05) is 0 Å². The van der Waals surface area contributed by atoms with Crippen molar-refractivity contribution in [3.05, 3.63) is 58.5 Å². The molecule has 0 fully saturated rings. The van der Waals surface area contributed by atoms with Crippen molar-refractivity contribution in [3.63, 3.8) is 0 Å². The Morgan fingerprint density at radius 1 is 1.14 bits per heavy atom. The summed E-state index contributed by atoms with van der Waals surface area (Å²) in [6.45, 7) is 0. The molecule has 0 saturated carbocycles. The number of hydrogen-bond donors (Lipinski definition) is 0. The van der Waals surface area contributed by atoms with Crippen molar-refractivity contribution in [1.82, 2.24) is 0 Å². The number of nitrogens with zero attached hydrogens (tertiary/aromatic N) is 1. The van der Waals surface area contributed by atoms with Crippen LogP contribution in [-0.2, 0) is 9.53 Å². The molecule has 1 aliphatic rings. The summed E-state index contributed by atoms with van der Waals surface area (Å²) in [5.41, 5.74) is 0.921. The standard InChI is InChI=1S/C14H5Br3INO3/c15-8-3-6(1-2-10(8)18)13-19-11(14(20)22-13)5-7-4-9(16)12(17)21-7/h1-5H/b11-5-. The average Bonchev–Trinajstić information content (AvgIpc) is 2.97. The molecule has 0 unspecified atom stereocenters. The van der Waals surface area contributed by atoms with Crippen LogP contribution in [0.3, 0.4) is 0 Å². The average molecular weight is 602 g/mol. The van der Waals surface area contributed by atoms with Gasteiger partial charge in [-0.2, -0.15) is 0 Å². The molecule has 0 bridgehead atoms. The molecule has 0 aliphatic carbocycles.